The van der Waals surface area contributed by atoms with Crippen molar-refractivity contribution in [3.05, 3.63) is 66.7 Å². The van der Waals surface area contributed by atoms with E-state index in [1.54, 1.807) is 13.0 Å². The summed E-state index contributed by atoms with van der Waals surface area (Å²) < 4.78 is 0. The van der Waals surface area contributed by atoms with Crippen molar-refractivity contribution < 1.29 is 19.7 Å². The van der Waals surface area contributed by atoms with E-state index in [0.29, 0.717) is 0 Å². The number of anilines is 3. The number of allylic oxidation sites excluding steroid dienone is 1. The molecule has 0 bridgehead atoms. The Kier molecular flexibility index (Phi) is 7.49. The third-order valence-corrected chi connectivity index (χ3v) is 3.19. The molecular formula is C19H22N2O4. The monoisotopic (exact) mass is 342 g/mol. The highest BCUT2D eigenvalue weighted by atomic mass is 17.2. The van der Waals surface area contributed by atoms with Crippen LogP contribution in [0.25, 0.3) is 0 Å². The average Bonchev–Trinajstić information content (AvgIpc) is 2.62. The molecule has 0 spiro atoms. The normalized spacial score (nSPS) is 11.9. The SMILES string of the molecule is CC=CC(=O)OOCC(O)CNc1ccc(Nc2ccccc2)cc1. The molecule has 132 valence electrons. The van der Waals surface area contributed by atoms with Crippen LogP contribution in [0.2, 0.25) is 0 Å². The Morgan fingerprint density at radius 2 is 1.72 bits per heavy atom. The van der Waals surface area contributed by atoms with Crippen molar-refractivity contribution >= 4 is 23.0 Å². The highest BCUT2D eigenvalue weighted by Crippen LogP contribution is 2.18. The number of carbonyl (C=O) groups is 1. The van der Waals surface area contributed by atoms with E-state index < -0.39 is 12.1 Å². The van der Waals surface area contributed by atoms with E-state index in [9.17, 15) is 9.90 Å². The minimum absolute atomic E-state index is 0.107. The summed E-state index contributed by atoms with van der Waals surface area (Å²) in [4.78, 5) is 20.2. The summed E-state index contributed by atoms with van der Waals surface area (Å²) in [5, 5.41) is 16.2. The molecule has 0 aliphatic heterocycles. The molecule has 0 heterocycles. The molecule has 0 radical (unpaired) electrons. The fourth-order valence-corrected chi connectivity index (χ4v) is 1.99. The third kappa shape index (κ3) is 7.07. The number of aliphatic hydroxyl groups is 1. The van der Waals surface area contributed by atoms with Crippen molar-refractivity contribution in [1.82, 2.24) is 0 Å². The van der Waals surface area contributed by atoms with E-state index in [2.05, 4.69) is 20.4 Å². The molecular weight excluding hydrogens is 320 g/mol. The molecule has 2 rings (SSSR count). The Bertz CT molecular complexity index is 672. The molecule has 25 heavy (non-hydrogen) atoms. The Morgan fingerprint density at radius 3 is 2.40 bits per heavy atom. The van der Waals surface area contributed by atoms with Crippen molar-refractivity contribution in [2.24, 2.45) is 0 Å². The maximum Gasteiger partial charge on any atom is 0.365 e. The van der Waals surface area contributed by atoms with E-state index in [4.69, 9.17) is 0 Å². The second kappa shape index (κ2) is 10.1. The summed E-state index contributed by atoms with van der Waals surface area (Å²) in [6, 6.07) is 17.6. The standard InChI is InChI=1S/C19H22N2O4/c1-2-6-19(23)25-24-14-18(22)13-20-15-9-11-17(12-10-15)21-16-7-4-3-5-8-16/h2-12,18,20-22H,13-14H2,1H3. The zero-order chi connectivity index (χ0) is 17.9. The molecule has 0 aromatic heterocycles. The van der Waals surface area contributed by atoms with Gasteiger partial charge >= 0.3 is 5.97 Å². The van der Waals surface area contributed by atoms with Crippen LogP contribution in [-0.2, 0) is 14.6 Å². The molecule has 0 fully saturated rings. The number of rotatable bonds is 9. The van der Waals surface area contributed by atoms with Crippen LogP contribution in [0.3, 0.4) is 0 Å². The number of hydrogen-bond donors (Lipinski definition) is 3. The first-order chi connectivity index (χ1) is 12.2. The van der Waals surface area contributed by atoms with Crippen molar-refractivity contribution in [1.29, 1.82) is 0 Å². The minimum Gasteiger partial charge on any atom is -0.389 e. The average molecular weight is 342 g/mol. The van der Waals surface area contributed by atoms with Crippen molar-refractivity contribution in [3.63, 3.8) is 0 Å². The predicted octanol–water partition coefficient (Wildman–Crippen LogP) is 3.25. The smallest absolute Gasteiger partial charge is 0.365 e. The van der Waals surface area contributed by atoms with Gasteiger partial charge < -0.3 is 15.7 Å². The largest absolute Gasteiger partial charge is 0.389 e. The summed E-state index contributed by atoms with van der Waals surface area (Å²) in [6.07, 6.45) is 1.97. The molecule has 1 unspecified atom stereocenters. The highest BCUT2D eigenvalue weighted by molar-refractivity contribution is 5.81. The molecule has 0 saturated carbocycles. The van der Waals surface area contributed by atoms with Gasteiger partial charge in [-0.3, -0.25) is 4.89 Å². The first kappa shape index (κ1) is 18.5. The van der Waals surface area contributed by atoms with Crippen molar-refractivity contribution in [2.75, 3.05) is 23.8 Å². The number of nitrogens with one attached hydrogen (secondary N) is 2. The minimum atomic E-state index is -0.805. The fraction of sp³-hybridized carbons (Fsp3) is 0.211. The van der Waals surface area contributed by atoms with E-state index in [0.717, 1.165) is 17.1 Å². The summed E-state index contributed by atoms with van der Waals surface area (Å²) >= 11 is 0. The van der Waals surface area contributed by atoms with E-state index >= 15 is 0 Å². The molecule has 6 nitrogen and oxygen atoms in total. The van der Waals surface area contributed by atoms with Crippen LogP contribution in [0.15, 0.2) is 66.7 Å². The Hall–Kier alpha value is -2.83. The second-order valence-electron chi connectivity index (χ2n) is 5.29. The van der Waals surface area contributed by atoms with Gasteiger partial charge in [0.15, 0.2) is 0 Å². The van der Waals surface area contributed by atoms with Gasteiger partial charge in [0, 0.05) is 29.7 Å². The Morgan fingerprint density at radius 1 is 1.08 bits per heavy atom. The van der Waals surface area contributed by atoms with Gasteiger partial charge in [0.05, 0.1) is 6.10 Å². The van der Waals surface area contributed by atoms with Gasteiger partial charge in [-0.15, -0.1) is 0 Å². The summed E-state index contributed by atoms with van der Waals surface area (Å²) in [6.45, 7) is 1.86. The molecule has 0 aliphatic carbocycles. The summed E-state index contributed by atoms with van der Waals surface area (Å²) in [7, 11) is 0. The van der Waals surface area contributed by atoms with Gasteiger partial charge in [0.25, 0.3) is 0 Å². The third-order valence-electron chi connectivity index (χ3n) is 3.19. The lowest BCUT2D eigenvalue weighted by Crippen LogP contribution is -2.25. The van der Waals surface area contributed by atoms with Crippen LogP contribution < -0.4 is 10.6 Å². The lowest BCUT2D eigenvalue weighted by molar-refractivity contribution is -0.276. The number of hydrogen-bond acceptors (Lipinski definition) is 6. The van der Waals surface area contributed by atoms with Crippen LogP contribution in [0.5, 0.6) is 0 Å². The van der Waals surface area contributed by atoms with Gasteiger partial charge in [-0.1, -0.05) is 24.3 Å². The number of aliphatic hydroxyl groups excluding tert-OH is 1. The molecule has 2 aromatic carbocycles. The van der Waals surface area contributed by atoms with Crippen LogP contribution >= 0.6 is 0 Å². The lowest BCUT2D eigenvalue weighted by Gasteiger charge is -2.13. The highest BCUT2D eigenvalue weighted by Gasteiger charge is 2.07. The zero-order valence-electron chi connectivity index (χ0n) is 14.0. The van der Waals surface area contributed by atoms with Crippen LogP contribution in [0.1, 0.15) is 6.92 Å². The number of benzene rings is 2. The topological polar surface area (TPSA) is 79.8 Å². The summed E-state index contributed by atoms with van der Waals surface area (Å²) in [5.41, 5.74) is 2.85. The molecule has 0 saturated heterocycles. The number of carbonyl (C=O) groups excluding carboxylic acids is 1. The van der Waals surface area contributed by atoms with Crippen LogP contribution in [0, 0.1) is 0 Å². The molecule has 6 heteroatoms. The molecule has 0 amide bonds. The van der Waals surface area contributed by atoms with Crippen molar-refractivity contribution in [2.45, 2.75) is 13.0 Å². The maximum atomic E-state index is 11.0. The van der Waals surface area contributed by atoms with Gasteiger partial charge in [0.2, 0.25) is 0 Å². The van der Waals surface area contributed by atoms with Gasteiger partial charge in [-0.2, -0.15) is 4.89 Å². The van der Waals surface area contributed by atoms with E-state index in [1.165, 1.54) is 6.08 Å². The van der Waals surface area contributed by atoms with E-state index in [-0.39, 0.29) is 13.2 Å². The summed E-state index contributed by atoms with van der Waals surface area (Å²) in [5.74, 6) is -0.607. The Labute approximate surface area is 147 Å². The van der Waals surface area contributed by atoms with Crippen LogP contribution in [-0.4, -0.2) is 30.3 Å². The second-order valence-corrected chi connectivity index (χ2v) is 5.29. The van der Waals surface area contributed by atoms with Gasteiger partial charge in [-0.05, 0) is 43.3 Å². The molecule has 1 atom stereocenters. The molecule has 0 aliphatic rings. The molecule has 2 aromatic rings. The van der Waals surface area contributed by atoms with E-state index in [1.807, 2.05) is 54.6 Å². The van der Waals surface area contributed by atoms with Gasteiger partial charge in [0.1, 0.15) is 6.61 Å². The van der Waals surface area contributed by atoms with Gasteiger partial charge in [-0.25, -0.2) is 4.79 Å². The first-order valence-electron chi connectivity index (χ1n) is 7.97. The maximum absolute atomic E-state index is 11.0. The Balaban J connectivity index is 1.71. The number of para-hydroxylation sites is 1. The predicted molar refractivity (Wildman–Crippen MR) is 97.5 cm³/mol. The quantitative estimate of drug-likeness (QED) is 0.369. The first-order valence-corrected chi connectivity index (χ1v) is 7.97. The zero-order valence-corrected chi connectivity index (χ0v) is 14.0. The van der Waals surface area contributed by atoms with Crippen molar-refractivity contribution in [3.8, 4) is 0 Å². The van der Waals surface area contributed by atoms with Crippen LogP contribution in [0.4, 0.5) is 17.1 Å². The lowest BCUT2D eigenvalue weighted by atomic mass is 10.2. The molecule has 3 N–H and O–H groups in total. The fourth-order valence-electron chi connectivity index (χ4n) is 1.99.